The molecule has 0 spiro atoms. The molecule has 1 amide bonds. The number of hydrogen-bond acceptors (Lipinski definition) is 5. The lowest BCUT2D eigenvalue weighted by Crippen LogP contribution is -2.24. The first kappa shape index (κ1) is 15.7. The Morgan fingerprint density at radius 2 is 2.11 bits per heavy atom. The lowest BCUT2D eigenvalue weighted by molar-refractivity contribution is -0.0102. The SMILES string of the molecule is CCCCNC(=O)c1ccc(ON(C)SOF)cc1. The molecule has 1 rings (SSSR count). The molecule has 106 valence electrons. The van der Waals surface area contributed by atoms with Gasteiger partial charge in [0.1, 0.15) is 5.75 Å². The van der Waals surface area contributed by atoms with E-state index < -0.39 is 0 Å². The van der Waals surface area contributed by atoms with Gasteiger partial charge in [0.25, 0.3) is 5.91 Å². The lowest BCUT2D eigenvalue weighted by Gasteiger charge is -2.12. The molecule has 7 heteroatoms. The second-order valence-corrected chi connectivity index (χ2v) is 4.59. The highest BCUT2D eigenvalue weighted by atomic mass is 32.2. The van der Waals surface area contributed by atoms with Gasteiger partial charge in [0, 0.05) is 19.2 Å². The van der Waals surface area contributed by atoms with E-state index in [1.165, 1.54) is 7.05 Å². The van der Waals surface area contributed by atoms with Gasteiger partial charge in [0.15, 0.2) is 12.2 Å². The predicted molar refractivity (Wildman–Crippen MR) is 71.9 cm³/mol. The van der Waals surface area contributed by atoms with Crippen LogP contribution in [0.5, 0.6) is 5.75 Å². The van der Waals surface area contributed by atoms with Crippen LogP contribution >= 0.6 is 12.2 Å². The van der Waals surface area contributed by atoms with Crippen LogP contribution in [0.2, 0.25) is 0 Å². The fraction of sp³-hybridized carbons (Fsp3) is 0.417. The van der Waals surface area contributed by atoms with Crippen LogP contribution in [-0.2, 0) is 4.39 Å². The van der Waals surface area contributed by atoms with Gasteiger partial charge in [-0.05, 0) is 35.2 Å². The van der Waals surface area contributed by atoms with Gasteiger partial charge in [-0.3, -0.25) is 4.79 Å². The molecule has 19 heavy (non-hydrogen) atoms. The lowest BCUT2D eigenvalue weighted by atomic mass is 10.2. The number of carbonyl (C=O) groups excluding carboxylic acids is 1. The molecular formula is C12H17FN2O3S. The molecule has 0 heterocycles. The average molecular weight is 288 g/mol. The van der Waals surface area contributed by atoms with Crippen molar-refractivity contribution in [1.29, 1.82) is 0 Å². The Morgan fingerprint density at radius 1 is 1.42 bits per heavy atom. The van der Waals surface area contributed by atoms with E-state index in [1.54, 1.807) is 24.3 Å². The van der Waals surface area contributed by atoms with Crippen molar-refractivity contribution in [2.24, 2.45) is 0 Å². The molecule has 0 saturated carbocycles. The number of amides is 1. The summed E-state index contributed by atoms with van der Waals surface area (Å²) >= 11 is 0.415. The molecule has 0 fully saturated rings. The van der Waals surface area contributed by atoms with Crippen LogP contribution < -0.4 is 10.2 Å². The highest BCUT2D eigenvalue weighted by molar-refractivity contribution is 7.92. The number of nitrogens with one attached hydrogen (secondary N) is 1. The predicted octanol–water partition coefficient (Wildman–Crippen LogP) is 2.91. The Morgan fingerprint density at radius 3 is 2.68 bits per heavy atom. The molecule has 0 bridgehead atoms. The molecule has 0 atom stereocenters. The standard InChI is InChI=1S/C12H17FN2O3S/c1-3-4-9-14-12(16)10-5-7-11(8-6-10)17-15(2)19-18-13/h5-8H,3-4,9H2,1-2H3,(H,14,16). The van der Waals surface area contributed by atoms with E-state index in [4.69, 9.17) is 4.84 Å². The summed E-state index contributed by atoms with van der Waals surface area (Å²) in [7, 11) is 1.50. The summed E-state index contributed by atoms with van der Waals surface area (Å²) in [5.74, 6) is 0.368. The van der Waals surface area contributed by atoms with E-state index in [-0.39, 0.29) is 5.91 Å². The Hall–Kier alpha value is -1.31. The van der Waals surface area contributed by atoms with Crippen molar-refractivity contribution in [3.8, 4) is 5.75 Å². The number of nitrogens with zero attached hydrogens (tertiary/aromatic N) is 1. The van der Waals surface area contributed by atoms with Crippen molar-refractivity contribution in [1.82, 2.24) is 9.79 Å². The number of hydrogen-bond donors (Lipinski definition) is 1. The Balaban J connectivity index is 2.48. The van der Waals surface area contributed by atoms with Crippen molar-refractivity contribution in [3.05, 3.63) is 29.8 Å². The third-order valence-corrected chi connectivity index (χ3v) is 2.64. The minimum atomic E-state index is -0.116. The van der Waals surface area contributed by atoms with Crippen molar-refractivity contribution < 1.29 is 18.5 Å². The molecule has 5 nitrogen and oxygen atoms in total. The number of hydroxylamine groups is 1. The highest BCUT2D eigenvalue weighted by Gasteiger charge is 2.07. The second kappa shape index (κ2) is 8.73. The Labute approximate surface area is 116 Å². The zero-order chi connectivity index (χ0) is 14.1. The van der Waals surface area contributed by atoms with Crippen LogP contribution in [-0.4, -0.2) is 24.0 Å². The summed E-state index contributed by atoms with van der Waals surface area (Å²) in [6, 6.07) is 6.55. The van der Waals surface area contributed by atoms with E-state index in [2.05, 4.69) is 16.6 Å². The van der Waals surface area contributed by atoms with Crippen LogP contribution in [0.3, 0.4) is 0 Å². The van der Waals surface area contributed by atoms with Crippen LogP contribution in [0.15, 0.2) is 24.3 Å². The second-order valence-electron chi connectivity index (χ2n) is 3.80. The molecule has 0 unspecified atom stereocenters. The molecule has 1 aromatic carbocycles. The zero-order valence-electron chi connectivity index (χ0n) is 10.9. The summed E-state index contributed by atoms with van der Waals surface area (Å²) < 4.78 is 16.0. The topological polar surface area (TPSA) is 50.8 Å². The smallest absolute Gasteiger partial charge is 0.251 e. The zero-order valence-corrected chi connectivity index (χ0v) is 11.7. The van der Waals surface area contributed by atoms with Gasteiger partial charge in [0.05, 0.1) is 0 Å². The van der Waals surface area contributed by atoms with Gasteiger partial charge in [-0.25, -0.2) is 0 Å². The van der Waals surface area contributed by atoms with Gasteiger partial charge in [-0.1, -0.05) is 17.8 Å². The molecular weight excluding hydrogens is 271 g/mol. The van der Waals surface area contributed by atoms with E-state index in [1.807, 2.05) is 0 Å². The van der Waals surface area contributed by atoms with Crippen molar-refractivity contribution in [2.45, 2.75) is 19.8 Å². The largest absolute Gasteiger partial charge is 0.393 e. The number of unbranched alkanes of at least 4 members (excludes halogenated alkanes) is 1. The van der Waals surface area contributed by atoms with Crippen LogP contribution in [0.25, 0.3) is 0 Å². The van der Waals surface area contributed by atoms with Crippen molar-refractivity contribution >= 4 is 18.1 Å². The van der Waals surface area contributed by atoms with E-state index in [0.29, 0.717) is 30.1 Å². The maximum Gasteiger partial charge on any atom is 0.251 e. The summed E-state index contributed by atoms with van der Waals surface area (Å²) in [4.78, 5) is 16.9. The Kier molecular flexibility index (Phi) is 7.24. The summed E-state index contributed by atoms with van der Waals surface area (Å²) in [6.07, 6.45) is 1.99. The quantitative estimate of drug-likeness (QED) is 0.345. The van der Waals surface area contributed by atoms with Crippen molar-refractivity contribution in [2.75, 3.05) is 13.6 Å². The first-order valence-corrected chi connectivity index (χ1v) is 6.62. The molecule has 1 aromatic rings. The van der Waals surface area contributed by atoms with E-state index >= 15 is 0 Å². The summed E-state index contributed by atoms with van der Waals surface area (Å²) in [5, 5.41) is 2.82. The molecule has 0 aliphatic carbocycles. The summed E-state index contributed by atoms with van der Waals surface area (Å²) in [6.45, 7) is 2.73. The normalized spacial score (nSPS) is 10.5. The third-order valence-electron chi connectivity index (χ3n) is 2.30. The molecule has 0 saturated heterocycles. The van der Waals surface area contributed by atoms with Gasteiger partial charge in [-0.15, -0.1) is 4.39 Å². The highest BCUT2D eigenvalue weighted by Crippen LogP contribution is 2.17. The molecule has 0 radical (unpaired) electrons. The Bertz CT molecular complexity index is 389. The number of benzene rings is 1. The fourth-order valence-electron chi connectivity index (χ4n) is 1.35. The molecule has 0 aromatic heterocycles. The fourth-order valence-corrected chi connectivity index (χ4v) is 1.55. The van der Waals surface area contributed by atoms with Gasteiger partial charge >= 0.3 is 0 Å². The number of carbonyl (C=O) groups is 1. The maximum absolute atomic E-state index is 11.7. The number of halogens is 1. The molecule has 0 aliphatic heterocycles. The maximum atomic E-state index is 11.7. The summed E-state index contributed by atoms with van der Waals surface area (Å²) in [5.41, 5.74) is 0.556. The monoisotopic (exact) mass is 288 g/mol. The van der Waals surface area contributed by atoms with Crippen molar-refractivity contribution in [3.63, 3.8) is 0 Å². The van der Waals surface area contributed by atoms with Gasteiger partial charge in [-0.2, -0.15) is 0 Å². The van der Waals surface area contributed by atoms with Crippen LogP contribution in [0.4, 0.5) is 4.53 Å². The first-order chi connectivity index (χ1) is 9.17. The molecule has 1 N–H and O–H groups in total. The van der Waals surface area contributed by atoms with E-state index in [0.717, 1.165) is 17.3 Å². The molecule has 0 aliphatic rings. The first-order valence-electron chi connectivity index (χ1n) is 5.92. The average Bonchev–Trinajstić information content (AvgIpc) is 2.40. The number of rotatable bonds is 8. The van der Waals surface area contributed by atoms with Gasteiger partial charge in [0.2, 0.25) is 0 Å². The third kappa shape index (κ3) is 5.91. The van der Waals surface area contributed by atoms with E-state index in [9.17, 15) is 9.32 Å². The minimum Gasteiger partial charge on any atom is -0.393 e. The van der Waals surface area contributed by atoms with Crippen LogP contribution in [0, 0.1) is 0 Å². The van der Waals surface area contributed by atoms with Crippen LogP contribution in [0.1, 0.15) is 30.1 Å². The minimum absolute atomic E-state index is 0.116. The van der Waals surface area contributed by atoms with Gasteiger partial charge < -0.3 is 10.2 Å².